The number of hydrazine groups is 1. The van der Waals surface area contributed by atoms with Crippen molar-refractivity contribution in [1.82, 2.24) is 25.6 Å². The largest absolute Gasteiger partial charge is 0.308 e. The smallest absolute Gasteiger partial charge is 0.244 e. The molecule has 3 rings (SSSR count). The first-order valence-corrected chi connectivity index (χ1v) is 6.86. The minimum absolute atomic E-state index is 0.0833. The molecule has 1 amide bonds. The van der Waals surface area contributed by atoms with Crippen LogP contribution in [-0.2, 0) is 11.8 Å². The maximum atomic E-state index is 12.2. The zero-order valence-electron chi connectivity index (χ0n) is 12.0. The molecule has 1 saturated heterocycles. The van der Waals surface area contributed by atoms with Gasteiger partial charge in [0.05, 0.1) is 0 Å². The third-order valence-corrected chi connectivity index (χ3v) is 3.67. The first kappa shape index (κ1) is 13.7. The lowest BCUT2D eigenvalue weighted by atomic mass is 10.0. The summed E-state index contributed by atoms with van der Waals surface area (Å²) in [5.74, 6) is 0.485. The average molecular weight is 286 g/mol. The van der Waals surface area contributed by atoms with E-state index in [1.807, 2.05) is 38.4 Å². The van der Waals surface area contributed by atoms with Crippen LogP contribution < -0.4 is 16.2 Å². The molecule has 1 aliphatic heterocycles. The molecule has 2 atom stereocenters. The van der Waals surface area contributed by atoms with E-state index in [0.717, 1.165) is 11.3 Å². The van der Waals surface area contributed by atoms with Crippen LogP contribution in [0.4, 0.5) is 5.82 Å². The zero-order valence-corrected chi connectivity index (χ0v) is 12.0. The van der Waals surface area contributed by atoms with Gasteiger partial charge in [0.15, 0.2) is 5.82 Å². The number of nitrogens with one attached hydrogen (secondary N) is 3. The van der Waals surface area contributed by atoms with Crippen LogP contribution in [-0.4, -0.2) is 26.7 Å². The van der Waals surface area contributed by atoms with Gasteiger partial charge in [-0.2, -0.15) is 5.10 Å². The molecule has 3 N–H and O–H groups in total. The van der Waals surface area contributed by atoms with Gasteiger partial charge in [-0.3, -0.25) is 14.5 Å². The minimum Gasteiger partial charge on any atom is -0.308 e. The van der Waals surface area contributed by atoms with E-state index in [4.69, 9.17) is 0 Å². The third-order valence-electron chi connectivity index (χ3n) is 3.67. The second kappa shape index (κ2) is 5.63. The second-order valence-corrected chi connectivity index (χ2v) is 5.20. The quantitative estimate of drug-likeness (QED) is 0.772. The molecule has 2 unspecified atom stereocenters. The molecule has 7 nitrogen and oxygen atoms in total. The SMILES string of the molecule is Cc1cc(NC(=O)C2CC(c3cccnc3)NN2)nn1C. The molecule has 2 aromatic heterocycles. The fourth-order valence-electron chi connectivity index (χ4n) is 2.36. The van der Waals surface area contributed by atoms with Crippen molar-refractivity contribution in [2.75, 3.05) is 5.32 Å². The van der Waals surface area contributed by atoms with Gasteiger partial charge in [0.2, 0.25) is 5.91 Å². The molecule has 0 saturated carbocycles. The Morgan fingerprint density at radius 2 is 2.33 bits per heavy atom. The first-order chi connectivity index (χ1) is 10.1. The molecule has 7 heteroatoms. The van der Waals surface area contributed by atoms with Crippen molar-refractivity contribution in [3.63, 3.8) is 0 Å². The highest BCUT2D eigenvalue weighted by molar-refractivity contribution is 5.94. The van der Waals surface area contributed by atoms with Gasteiger partial charge >= 0.3 is 0 Å². The van der Waals surface area contributed by atoms with E-state index in [1.54, 1.807) is 10.9 Å². The number of pyridine rings is 1. The van der Waals surface area contributed by atoms with Gasteiger partial charge in [0, 0.05) is 37.2 Å². The van der Waals surface area contributed by atoms with Gasteiger partial charge in [-0.25, -0.2) is 10.9 Å². The number of rotatable bonds is 3. The van der Waals surface area contributed by atoms with E-state index >= 15 is 0 Å². The fourth-order valence-corrected chi connectivity index (χ4v) is 2.36. The number of hydrogen-bond donors (Lipinski definition) is 3. The Morgan fingerprint density at radius 1 is 1.48 bits per heavy atom. The number of amides is 1. The zero-order chi connectivity index (χ0) is 14.8. The van der Waals surface area contributed by atoms with E-state index in [2.05, 4.69) is 26.3 Å². The van der Waals surface area contributed by atoms with Crippen molar-refractivity contribution in [3.8, 4) is 0 Å². The Kier molecular flexibility index (Phi) is 3.68. The van der Waals surface area contributed by atoms with Gasteiger partial charge in [0.1, 0.15) is 6.04 Å². The van der Waals surface area contributed by atoms with E-state index < -0.39 is 0 Å². The number of nitrogens with zero attached hydrogens (tertiary/aromatic N) is 3. The number of carbonyl (C=O) groups excluding carboxylic acids is 1. The summed E-state index contributed by atoms with van der Waals surface area (Å²) in [4.78, 5) is 16.3. The maximum Gasteiger partial charge on any atom is 0.244 e. The lowest BCUT2D eigenvalue weighted by Crippen LogP contribution is -2.39. The van der Waals surface area contributed by atoms with Crippen molar-refractivity contribution in [3.05, 3.63) is 41.9 Å². The molecule has 1 fully saturated rings. The van der Waals surface area contributed by atoms with Crippen LogP contribution >= 0.6 is 0 Å². The first-order valence-electron chi connectivity index (χ1n) is 6.86. The summed E-state index contributed by atoms with van der Waals surface area (Å²) in [6.45, 7) is 1.94. The maximum absolute atomic E-state index is 12.2. The molecule has 1 aliphatic rings. The monoisotopic (exact) mass is 286 g/mol. The van der Waals surface area contributed by atoms with Gasteiger partial charge in [-0.05, 0) is 25.0 Å². The van der Waals surface area contributed by atoms with E-state index in [0.29, 0.717) is 12.2 Å². The highest BCUT2D eigenvalue weighted by atomic mass is 16.2. The van der Waals surface area contributed by atoms with Crippen molar-refractivity contribution in [2.45, 2.75) is 25.4 Å². The predicted molar refractivity (Wildman–Crippen MR) is 78.2 cm³/mol. The predicted octanol–water partition coefficient (Wildman–Crippen LogP) is 0.670. The molecule has 21 heavy (non-hydrogen) atoms. The molecule has 0 bridgehead atoms. The van der Waals surface area contributed by atoms with Crippen LogP contribution in [0.3, 0.4) is 0 Å². The highest BCUT2D eigenvalue weighted by Crippen LogP contribution is 2.21. The molecular formula is C14H18N6O. The molecular weight excluding hydrogens is 268 g/mol. The van der Waals surface area contributed by atoms with Crippen molar-refractivity contribution >= 4 is 11.7 Å². The van der Waals surface area contributed by atoms with Crippen LogP contribution in [0, 0.1) is 6.92 Å². The summed E-state index contributed by atoms with van der Waals surface area (Å²) in [5.41, 5.74) is 8.21. The summed E-state index contributed by atoms with van der Waals surface area (Å²) in [5, 5.41) is 7.05. The Balaban J connectivity index is 1.62. The molecule has 0 aliphatic carbocycles. The Hall–Kier alpha value is -2.25. The minimum atomic E-state index is -0.294. The topological polar surface area (TPSA) is 83.9 Å². The van der Waals surface area contributed by atoms with Crippen molar-refractivity contribution < 1.29 is 4.79 Å². The normalized spacial score (nSPS) is 21.4. The molecule has 0 aromatic carbocycles. The number of aryl methyl sites for hydroxylation is 2. The molecule has 110 valence electrons. The number of carbonyl (C=O) groups is 1. The van der Waals surface area contributed by atoms with E-state index in [9.17, 15) is 4.79 Å². The van der Waals surface area contributed by atoms with Gasteiger partial charge in [-0.15, -0.1) is 0 Å². The summed E-state index contributed by atoms with van der Waals surface area (Å²) in [6, 6.07) is 5.52. The van der Waals surface area contributed by atoms with Crippen LogP contribution in [0.15, 0.2) is 30.6 Å². The van der Waals surface area contributed by atoms with Crippen LogP contribution in [0.5, 0.6) is 0 Å². The fraction of sp³-hybridized carbons (Fsp3) is 0.357. The Labute approximate surface area is 122 Å². The summed E-state index contributed by atoms with van der Waals surface area (Å²) in [6.07, 6.45) is 4.21. The third kappa shape index (κ3) is 2.93. The highest BCUT2D eigenvalue weighted by Gasteiger charge is 2.30. The number of anilines is 1. The van der Waals surface area contributed by atoms with Crippen molar-refractivity contribution in [1.29, 1.82) is 0 Å². The molecule has 0 spiro atoms. The van der Waals surface area contributed by atoms with Crippen LogP contribution in [0.2, 0.25) is 0 Å². The summed E-state index contributed by atoms with van der Waals surface area (Å²) < 4.78 is 1.73. The molecule has 3 heterocycles. The van der Waals surface area contributed by atoms with Gasteiger partial charge < -0.3 is 5.32 Å². The van der Waals surface area contributed by atoms with Crippen LogP contribution in [0.25, 0.3) is 0 Å². The Bertz CT molecular complexity index is 619. The molecule has 2 aromatic rings. The lowest BCUT2D eigenvalue weighted by molar-refractivity contribution is -0.117. The number of hydrogen-bond acceptors (Lipinski definition) is 5. The number of aromatic nitrogens is 3. The van der Waals surface area contributed by atoms with Crippen LogP contribution in [0.1, 0.15) is 23.7 Å². The van der Waals surface area contributed by atoms with Crippen molar-refractivity contribution in [2.24, 2.45) is 7.05 Å². The summed E-state index contributed by atoms with van der Waals surface area (Å²) in [7, 11) is 1.85. The standard InChI is InChI=1S/C14H18N6O/c1-9-6-13(19-20(9)2)16-14(21)12-7-11(17-18-12)10-4-3-5-15-8-10/h3-6,8,11-12,17-18H,7H2,1-2H3,(H,16,19,21). The van der Waals surface area contributed by atoms with Gasteiger partial charge in [-0.1, -0.05) is 6.07 Å². The van der Waals surface area contributed by atoms with Gasteiger partial charge in [0.25, 0.3) is 0 Å². The van der Waals surface area contributed by atoms with E-state index in [-0.39, 0.29) is 18.0 Å². The second-order valence-electron chi connectivity index (χ2n) is 5.20. The lowest BCUT2D eigenvalue weighted by Gasteiger charge is -2.09. The average Bonchev–Trinajstić information content (AvgIpc) is 3.08. The van der Waals surface area contributed by atoms with E-state index in [1.165, 1.54) is 0 Å². The molecule has 0 radical (unpaired) electrons. The Morgan fingerprint density at radius 3 is 3.00 bits per heavy atom. The summed E-state index contributed by atoms with van der Waals surface area (Å²) >= 11 is 0.